The lowest BCUT2D eigenvalue weighted by Crippen LogP contribution is -2.63. The molecule has 26 heavy (non-hydrogen) atoms. The van der Waals surface area contributed by atoms with Crippen molar-refractivity contribution in [3.05, 3.63) is 30.3 Å². The van der Waals surface area contributed by atoms with Gasteiger partial charge in [0.15, 0.2) is 12.2 Å². The molecule has 0 unspecified atom stereocenters. The van der Waals surface area contributed by atoms with Gasteiger partial charge in [-0.25, -0.2) is 0 Å². The number of nitrogens with one attached hydrogen (secondary N) is 1. The van der Waals surface area contributed by atoms with Crippen LogP contribution in [0.25, 0.3) is 0 Å². The predicted octanol–water partition coefficient (Wildman–Crippen LogP) is -0.379. The van der Waals surface area contributed by atoms with E-state index in [1.54, 1.807) is 30.3 Å². The minimum absolute atomic E-state index is 0.156. The molecule has 1 aliphatic rings. The Morgan fingerprint density at radius 1 is 0.885 bits per heavy atom. The standard InChI is InChI=1S/C16H17NO9/c18-7-22-6-12-14(23-8-19)15(24-9-20)13(16(26-12)25-10-21)17-11-4-2-1-3-5-11/h1-5,7-10,12-17H,6H2/t12-,13+,14-,15-,16-/m0/s1. The number of rotatable bonds is 11. The van der Waals surface area contributed by atoms with Gasteiger partial charge in [0.1, 0.15) is 18.8 Å². The van der Waals surface area contributed by atoms with Crippen molar-refractivity contribution in [1.82, 2.24) is 0 Å². The molecule has 0 amide bonds. The number of ether oxygens (including phenoxy) is 5. The van der Waals surface area contributed by atoms with E-state index in [-0.39, 0.29) is 32.5 Å². The highest BCUT2D eigenvalue weighted by Gasteiger charge is 2.50. The summed E-state index contributed by atoms with van der Waals surface area (Å²) in [4.78, 5) is 43.2. The molecule has 0 spiro atoms. The normalized spacial score (nSPS) is 27.5. The topological polar surface area (TPSA) is 126 Å². The highest BCUT2D eigenvalue weighted by molar-refractivity contribution is 5.46. The second-order valence-corrected chi connectivity index (χ2v) is 5.13. The van der Waals surface area contributed by atoms with Crippen LogP contribution in [0.15, 0.2) is 30.3 Å². The van der Waals surface area contributed by atoms with Crippen molar-refractivity contribution >= 4 is 31.6 Å². The van der Waals surface area contributed by atoms with E-state index in [0.29, 0.717) is 5.69 Å². The highest BCUT2D eigenvalue weighted by Crippen LogP contribution is 2.28. The molecule has 1 N–H and O–H groups in total. The van der Waals surface area contributed by atoms with Gasteiger partial charge in [-0.1, -0.05) is 18.2 Å². The minimum Gasteiger partial charge on any atom is -0.465 e. The Bertz CT molecular complexity index is 597. The maximum absolute atomic E-state index is 11.0. The van der Waals surface area contributed by atoms with Crippen LogP contribution in [0.3, 0.4) is 0 Å². The van der Waals surface area contributed by atoms with E-state index in [4.69, 9.17) is 18.9 Å². The maximum Gasteiger partial charge on any atom is 0.295 e. The molecule has 0 saturated carbocycles. The van der Waals surface area contributed by atoms with Crippen LogP contribution < -0.4 is 5.32 Å². The molecule has 2 rings (SSSR count). The minimum atomic E-state index is -1.20. The van der Waals surface area contributed by atoms with Gasteiger partial charge < -0.3 is 29.0 Å². The molecule has 10 nitrogen and oxygen atoms in total. The number of carbonyl (C=O) groups excluding carboxylic acids is 4. The van der Waals surface area contributed by atoms with Gasteiger partial charge >= 0.3 is 0 Å². The van der Waals surface area contributed by atoms with Gasteiger partial charge in [-0.2, -0.15) is 0 Å². The van der Waals surface area contributed by atoms with Crippen molar-refractivity contribution in [2.24, 2.45) is 0 Å². The Kier molecular flexibility index (Phi) is 7.37. The molecule has 0 aliphatic carbocycles. The predicted molar refractivity (Wildman–Crippen MR) is 83.6 cm³/mol. The Labute approximate surface area is 148 Å². The van der Waals surface area contributed by atoms with E-state index in [2.05, 4.69) is 10.1 Å². The molecule has 1 heterocycles. The van der Waals surface area contributed by atoms with Crippen LogP contribution in [0, 0.1) is 0 Å². The average molecular weight is 367 g/mol. The van der Waals surface area contributed by atoms with E-state index in [9.17, 15) is 19.2 Å². The first kappa shape index (κ1) is 19.2. The van der Waals surface area contributed by atoms with Crippen LogP contribution in [0.2, 0.25) is 0 Å². The van der Waals surface area contributed by atoms with Crippen molar-refractivity contribution in [2.45, 2.75) is 30.6 Å². The summed E-state index contributed by atoms with van der Waals surface area (Å²) in [6.07, 6.45) is -4.42. The molecule has 0 aromatic heterocycles. The number of carbonyl (C=O) groups is 4. The fraction of sp³-hybridized carbons (Fsp3) is 0.375. The fourth-order valence-corrected chi connectivity index (χ4v) is 2.68. The van der Waals surface area contributed by atoms with Crippen LogP contribution in [0.5, 0.6) is 0 Å². The highest BCUT2D eigenvalue weighted by atomic mass is 16.7. The van der Waals surface area contributed by atoms with Gasteiger partial charge in [0.2, 0.25) is 6.29 Å². The summed E-state index contributed by atoms with van der Waals surface area (Å²) >= 11 is 0. The second-order valence-electron chi connectivity index (χ2n) is 5.13. The molecule has 0 bridgehead atoms. The average Bonchev–Trinajstić information content (AvgIpc) is 2.66. The van der Waals surface area contributed by atoms with Crippen LogP contribution in [0.4, 0.5) is 5.69 Å². The smallest absolute Gasteiger partial charge is 0.295 e. The summed E-state index contributed by atoms with van der Waals surface area (Å²) in [5.74, 6) is 0. The molecule has 1 saturated heterocycles. The molecule has 1 aromatic rings. The zero-order valence-electron chi connectivity index (χ0n) is 13.5. The lowest BCUT2D eigenvalue weighted by Gasteiger charge is -2.43. The molecular formula is C16H17NO9. The number of benzene rings is 1. The quantitative estimate of drug-likeness (QED) is 0.408. The number of hydrogen-bond donors (Lipinski definition) is 1. The molecule has 0 radical (unpaired) electrons. The first-order chi connectivity index (χ1) is 12.7. The van der Waals surface area contributed by atoms with Crippen LogP contribution in [-0.2, 0) is 42.9 Å². The van der Waals surface area contributed by atoms with Crippen molar-refractivity contribution in [1.29, 1.82) is 0 Å². The van der Waals surface area contributed by atoms with Crippen LogP contribution in [-0.4, -0.2) is 63.1 Å². The second kappa shape index (κ2) is 9.99. The molecule has 1 fully saturated rings. The van der Waals surface area contributed by atoms with Crippen molar-refractivity contribution in [3.63, 3.8) is 0 Å². The molecule has 1 aromatic carbocycles. The monoisotopic (exact) mass is 367 g/mol. The van der Waals surface area contributed by atoms with Crippen molar-refractivity contribution in [2.75, 3.05) is 11.9 Å². The van der Waals surface area contributed by atoms with Gasteiger partial charge in [-0.3, -0.25) is 19.2 Å². The van der Waals surface area contributed by atoms with Gasteiger partial charge in [0.05, 0.1) is 0 Å². The first-order valence-electron chi connectivity index (χ1n) is 7.54. The fourth-order valence-electron chi connectivity index (χ4n) is 2.68. The molecular weight excluding hydrogens is 350 g/mol. The van der Waals surface area contributed by atoms with E-state index >= 15 is 0 Å². The first-order valence-corrected chi connectivity index (χ1v) is 7.54. The van der Waals surface area contributed by atoms with Gasteiger partial charge in [-0.15, -0.1) is 0 Å². The Morgan fingerprint density at radius 3 is 2.15 bits per heavy atom. The van der Waals surface area contributed by atoms with Gasteiger partial charge in [0, 0.05) is 5.69 Å². The Hall–Kier alpha value is -3.14. The summed E-state index contributed by atoms with van der Waals surface area (Å²) < 4.78 is 25.2. The Balaban J connectivity index is 2.32. The summed E-state index contributed by atoms with van der Waals surface area (Å²) in [7, 11) is 0. The lowest BCUT2D eigenvalue weighted by atomic mass is 9.96. The zero-order valence-corrected chi connectivity index (χ0v) is 13.5. The third-order valence-corrected chi connectivity index (χ3v) is 3.70. The third-order valence-electron chi connectivity index (χ3n) is 3.70. The summed E-state index contributed by atoms with van der Waals surface area (Å²) in [5, 5.41) is 3.02. The summed E-state index contributed by atoms with van der Waals surface area (Å²) in [5.41, 5.74) is 0.618. The van der Waals surface area contributed by atoms with Crippen LogP contribution >= 0.6 is 0 Å². The van der Waals surface area contributed by atoms with E-state index < -0.39 is 30.6 Å². The molecule has 5 atom stereocenters. The van der Waals surface area contributed by atoms with E-state index in [1.165, 1.54) is 0 Å². The SMILES string of the molecule is O=COC[C@@H]1O[C@H](OC=O)[C@H](Nc2ccccc2)[C@H](OC=O)[C@H]1OC=O. The Morgan fingerprint density at radius 2 is 1.54 bits per heavy atom. The van der Waals surface area contributed by atoms with Crippen molar-refractivity contribution in [3.8, 4) is 0 Å². The third kappa shape index (κ3) is 4.70. The zero-order chi connectivity index (χ0) is 18.8. The molecule has 1 aliphatic heterocycles. The van der Waals surface area contributed by atoms with Gasteiger partial charge in [-0.05, 0) is 12.1 Å². The lowest BCUT2D eigenvalue weighted by molar-refractivity contribution is -0.256. The largest absolute Gasteiger partial charge is 0.465 e. The van der Waals surface area contributed by atoms with Crippen LogP contribution in [0.1, 0.15) is 0 Å². The summed E-state index contributed by atoms with van der Waals surface area (Å²) in [6, 6.07) is 7.88. The van der Waals surface area contributed by atoms with Crippen molar-refractivity contribution < 1.29 is 42.9 Å². The van der Waals surface area contributed by atoms with Gasteiger partial charge in [0.25, 0.3) is 25.9 Å². The summed E-state index contributed by atoms with van der Waals surface area (Å²) in [6.45, 7) is 0.370. The molecule has 140 valence electrons. The van der Waals surface area contributed by atoms with E-state index in [1.807, 2.05) is 0 Å². The number of para-hydroxylation sites is 1. The number of hydrogen-bond acceptors (Lipinski definition) is 10. The van der Waals surface area contributed by atoms with E-state index in [0.717, 1.165) is 0 Å². The molecule has 10 heteroatoms. The number of anilines is 1. The maximum atomic E-state index is 11.0.